The zero-order valence-corrected chi connectivity index (χ0v) is 7.49. The highest BCUT2D eigenvalue weighted by atomic mass is 127. The monoisotopic (exact) mass is 245 g/mol. The molecule has 0 rings (SSSR count). The number of rotatable bonds is 3. The summed E-state index contributed by atoms with van der Waals surface area (Å²) < 4.78 is 0.0371. The first-order valence-corrected chi connectivity index (χ1v) is 3.64. The van der Waals surface area contributed by atoms with Gasteiger partial charge in [0.1, 0.15) is 0 Å². The van der Waals surface area contributed by atoms with E-state index in [1.807, 2.05) is 6.92 Å². The summed E-state index contributed by atoms with van der Waals surface area (Å²) in [4.78, 5) is 0. The minimum Gasteiger partial charge on any atom is -0.771 e. The van der Waals surface area contributed by atoms with E-state index in [2.05, 4.69) is 28.1 Å². The first kappa shape index (κ1) is 9.53. The molecule has 6 heteroatoms. The summed E-state index contributed by atoms with van der Waals surface area (Å²) in [6, 6.07) is 0. The van der Waals surface area contributed by atoms with E-state index in [0.717, 1.165) is 0 Å². The summed E-state index contributed by atoms with van der Waals surface area (Å²) in [7, 11) is 1.37. The minimum absolute atomic E-state index is 0.0371. The van der Waals surface area contributed by atoms with Gasteiger partial charge in [0.2, 0.25) is 0 Å². The third-order valence-electron chi connectivity index (χ3n) is 0.773. The SMILES string of the molecule is CC(I)N(NN)N(C)[O-]. The van der Waals surface area contributed by atoms with Crippen LogP contribution < -0.4 is 11.4 Å². The number of hydrazine groups is 3. The third kappa shape index (κ3) is 3.28. The highest BCUT2D eigenvalue weighted by Crippen LogP contribution is 2.03. The maximum atomic E-state index is 10.5. The Morgan fingerprint density at radius 1 is 1.78 bits per heavy atom. The minimum atomic E-state index is 0.0371. The molecule has 0 spiro atoms. The lowest BCUT2D eigenvalue weighted by atomic mass is 10.8. The molecule has 0 aliphatic carbocycles. The number of nitrogens with one attached hydrogen (secondary N) is 1. The van der Waals surface area contributed by atoms with Gasteiger partial charge in [0, 0.05) is 0 Å². The van der Waals surface area contributed by atoms with E-state index in [9.17, 15) is 5.21 Å². The van der Waals surface area contributed by atoms with Gasteiger partial charge in [0.05, 0.1) is 4.05 Å². The van der Waals surface area contributed by atoms with Crippen molar-refractivity contribution in [2.45, 2.75) is 11.0 Å². The molecular formula is C3H10IN4O-. The second kappa shape index (κ2) is 4.36. The van der Waals surface area contributed by atoms with E-state index < -0.39 is 0 Å². The van der Waals surface area contributed by atoms with Gasteiger partial charge in [-0.2, -0.15) is 10.7 Å². The van der Waals surface area contributed by atoms with Gasteiger partial charge >= 0.3 is 0 Å². The van der Waals surface area contributed by atoms with Crippen molar-refractivity contribution in [1.29, 1.82) is 0 Å². The maximum Gasteiger partial charge on any atom is 0.0891 e. The summed E-state index contributed by atoms with van der Waals surface area (Å²) in [5.74, 6) is 5.00. The van der Waals surface area contributed by atoms with Gasteiger partial charge in [-0.25, -0.2) is 0 Å². The maximum absolute atomic E-state index is 10.5. The van der Waals surface area contributed by atoms with Crippen LogP contribution in [0.3, 0.4) is 0 Å². The van der Waals surface area contributed by atoms with Crippen molar-refractivity contribution in [3.05, 3.63) is 5.21 Å². The summed E-state index contributed by atoms with van der Waals surface area (Å²) in [6.07, 6.45) is 0. The van der Waals surface area contributed by atoms with Gasteiger partial charge in [-0.1, -0.05) is 22.6 Å². The van der Waals surface area contributed by atoms with Gasteiger partial charge in [-0.15, -0.1) is 0 Å². The van der Waals surface area contributed by atoms with E-state index >= 15 is 0 Å². The van der Waals surface area contributed by atoms with Gasteiger partial charge < -0.3 is 10.4 Å². The lowest BCUT2D eigenvalue weighted by molar-refractivity contribution is -0.0108. The molecule has 1 atom stereocenters. The zero-order chi connectivity index (χ0) is 7.44. The third-order valence-corrected chi connectivity index (χ3v) is 1.30. The Labute approximate surface area is 67.8 Å². The van der Waals surface area contributed by atoms with Crippen molar-refractivity contribution >= 4 is 22.6 Å². The fraction of sp³-hybridized carbons (Fsp3) is 1.00. The molecule has 56 valence electrons. The summed E-state index contributed by atoms with van der Waals surface area (Å²) >= 11 is 2.06. The quantitative estimate of drug-likeness (QED) is 0.237. The fourth-order valence-corrected chi connectivity index (χ4v) is 0.920. The van der Waals surface area contributed by atoms with Crippen LogP contribution in [0.1, 0.15) is 6.92 Å². The van der Waals surface area contributed by atoms with E-state index in [0.29, 0.717) is 5.17 Å². The number of hydroxylamine groups is 1. The van der Waals surface area contributed by atoms with Crippen LogP contribution >= 0.6 is 22.6 Å². The van der Waals surface area contributed by atoms with Crippen LogP contribution in [0.25, 0.3) is 0 Å². The van der Waals surface area contributed by atoms with Gasteiger partial charge in [-0.3, -0.25) is 5.84 Å². The van der Waals surface area contributed by atoms with Crippen molar-refractivity contribution < 1.29 is 0 Å². The molecule has 0 radical (unpaired) electrons. The van der Waals surface area contributed by atoms with Crippen molar-refractivity contribution in [1.82, 2.24) is 15.8 Å². The largest absolute Gasteiger partial charge is 0.771 e. The lowest BCUT2D eigenvalue weighted by Crippen LogP contribution is -2.52. The molecule has 0 fully saturated rings. The highest BCUT2D eigenvalue weighted by molar-refractivity contribution is 14.1. The molecular weight excluding hydrogens is 235 g/mol. The highest BCUT2D eigenvalue weighted by Gasteiger charge is 2.05. The number of hydrogen-bond donors (Lipinski definition) is 2. The van der Waals surface area contributed by atoms with Gasteiger partial charge in [0.25, 0.3) is 0 Å². The number of halogens is 1. The van der Waals surface area contributed by atoms with Crippen LogP contribution in [0.2, 0.25) is 0 Å². The van der Waals surface area contributed by atoms with Gasteiger partial charge in [0.15, 0.2) is 0 Å². The van der Waals surface area contributed by atoms with E-state index in [-0.39, 0.29) is 4.05 Å². The van der Waals surface area contributed by atoms with E-state index in [1.165, 1.54) is 12.2 Å². The van der Waals surface area contributed by atoms with E-state index in [4.69, 9.17) is 5.84 Å². The Morgan fingerprint density at radius 2 is 2.22 bits per heavy atom. The Bertz CT molecular complexity index is 70.2. The predicted molar refractivity (Wildman–Crippen MR) is 43.8 cm³/mol. The van der Waals surface area contributed by atoms with Crippen LogP contribution in [-0.4, -0.2) is 21.4 Å². The molecule has 3 N–H and O–H groups in total. The molecule has 0 saturated heterocycles. The Hall–Kier alpha value is 0.530. The van der Waals surface area contributed by atoms with Crippen LogP contribution in [0.15, 0.2) is 0 Å². The number of alkyl halides is 1. The molecule has 0 aliphatic heterocycles. The molecule has 0 aromatic carbocycles. The van der Waals surface area contributed by atoms with Crippen LogP contribution in [0, 0.1) is 5.21 Å². The smallest absolute Gasteiger partial charge is 0.0891 e. The Balaban J connectivity index is 3.68. The molecule has 9 heavy (non-hydrogen) atoms. The van der Waals surface area contributed by atoms with Crippen LogP contribution in [0.5, 0.6) is 0 Å². The molecule has 1 unspecified atom stereocenters. The molecule has 0 bridgehead atoms. The first-order chi connectivity index (χ1) is 4.09. The molecule has 0 amide bonds. The topological polar surface area (TPSA) is 67.6 Å². The summed E-state index contributed by atoms with van der Waals surface area (Å²) in [5, 5.41) is 12.4. The normalized spacial score (nSPS) is 15.0. The molecule has 5 nitrogen and oxygen atoms in total. The first-order valence-electron chi connectivity index (χ1n) is 2.40. The molecule has 0 aliphatic rings. The average Bonchev–Trinajstić information content (AvgIpc) is 1.64. The van der Waals surface area contributed by atoms with Crippen LogP contribution in [-0.2, 0) is 0 Å². The van der Waals surface area contributed by atoms with Crippen molar-refractivity contribution in [2.75, 3.05) is 7.05 Å². The fourth-order valence-electron chi connectivity index (χ4n) is 0.408. The number of nitrogens with zero attached hydrogens (tertiary/aromatic N) is 2. The molecule has 0 heterocycles. The Morgan fingerprint density at radius 3 is 2.22 bits per heavy atom. The average molecular weight is 245 g/mol. The predicted octanol–water partition coefficient (Wildman–Crippen LogP) is -0.208. The van der Waals surface area contributed by atoms with Crippen LogP contribution in [0.4, 0.5) is 0 Å². The molecule has 0 saturated carbocycles. The zero-order valence-electron chi connectivity index (χ0n) is 5.34. The number of nitrogens with two attached hydrogens (primary N) is 1. The van der Waals surface area contributed by atoms with Crippen molar-refractivity contribution in [3.8, 4) is 0 Å². The second-order valence-electron chi connectivity index (χ2n) is 1.51. The Kier molecular flexibility index (Phi) is 4.62. The summed E-state index contributed by atoms with van der Waals surface area (Å²) in [5.41, 5.74) is 2.24. The molecule has 0 aromatic heterocycles. The number of hydrogen-bond acceptors (Lipinski definition) is 5. The van der Waals surface area contributed by atoms with Crippen molar-refractivity contribution in [3.63, 3.8) is 0 Å². The molecule has 0 aromatic rings. The summed E-state index contributed by atoms with van der Waals surface area (Å²) in [6.45, 7) is 1.84. The second-order valence-corrected chi connectivity index (χ2v) is 3.31. The lowest BCUT2D eigenvalue weighted by Gasteiger charge is -2.37. The van der Waals surface area contributed by atoms with Crippen molar-refractivity contribution in [2.24, 2.45) is 5.84 Å². The van der Waals surface area contributed by atoms with Gasteiger partial charge in [-0.05, 0) is 14.0 Å². The standard InChI is InChI=1S/C3H10IN4O/c1-3(4)8(6-5)7(2)9/h3,6H,5H2,1-2H3/q-1. The van der Waals surface area contributed by atoms with E-state index in [1.54, 1.807) is 0 Å².